The third kappa shape index (κ3) is 3.38. The van der Waals surface area contributed by atoms with Gasteiger partial charge in [0.1, 0.15) is 0 Å². The first-order valence-electron chi connectivity index (χ1n) is 7.47. The van der Waals surface area contributed by atoms with Crippen molar-refractivity contribution >= 4 is 23.7 Å². The summed E-state index contributed by atoms with van der Waals surface area (Å²) in [7, 11) is 0. The lowest BCUT2D eigenvalue weighted by molar-refractivity contribution is -0.384. The lowest BCUT2D eigenvalue weighted by atomic mass is 9.85. The van der Waals surface area contributed by atoms with E-state index >= 15 is 0 Å². The molecule has 1 aliphatic heterocycles. The summed E-state index contributed by atoms with van der Waals surface area (Å²) in [4.78, 5) is 45.1. The van der Waals surface area contributed by atoms with Crippen molar-refractivity contribution in [1.29, 1.82) is 0 Å². The number of ether oxygens (including phenoxy) is 2. The number of nitro benzene ring substituents is 1. The van der Waals surface area contributed by atoms with E-state index < -0.39 is 17.3 Å². The van der Waals surface area contributed by atoms with Gasteiger partial charge in [0.2, 0.25) is 6.29 Å². The number of allylic oxidation sites excluding steroid dienone is 2. The maximum absolute atomic E-state index is 12.2. The average molecular weight is 343 g/mol. The first kappa shape index (κ1) is 16.7. The van der Waals surface area contributed by atoms with Crippen LogP contribution in [0.4, 0.5) is 5.69 Å². The Morgan fingerprint density at radius 1 is 1.20 bits per heavy atom. The molecular formula is C17H13NO7. The molecule has 1 aliphatic carbocycles. The minimum atomic E-state index is -0.956. The molecule has 0 spiro atoms. The number of hydrogen-bond donors (Lipinski definition) is 0. The maximum atomic E-state index is 12.2. The first-order valence-corrected chi connectivity index (χ1v) is 7.47. The lowest BCUT2D eigenvalue weighted by Gasteiger charge is -2.32. The van der Waals surface area contributed by atoms with Crippen LogP contribution in [0.2, 0.25) is 0 Å². The number of carbonyl (C=O) groups excluding carboxylic acids is 3. The maximum Gasteiger partial charge on any atom is 0.295 e. The average Bonchev–Trinajstić information content (AvgIpc) is 2.59. The number of benzene rings is 1. The Bertz CT molecular complexity index is 807. The number of nitrogens with zero attached hydrogens (tertiary/aromatic N) is 1. The Balaban J connectivity index is 1.90. The zero-order valence-corrected chi connectivity index (χ0v) is 12.9. The number of nitro groups is 1. The number of ketones is 2. The van der Waals surface area contributed by atoms with Crippen LogP contribution in [0.3, 0.4) is 0 Å². The second kappa shape index (κ2) is 6.78. The van der Waals surface area contributed by atoms with Gasteiger partial charge in [0, 0.05) is 36.1 Å². The molecule has 1 aromatic rings. The van der Waals surface area contributed by atoms with Gasteiger partial charge in [-0.05, 0) is 17.7 Å². The largest absolute Gasteiger partial charge is 0.438 e. The summed E-state index contributed by atoms with van der Waals surface area (Å²) >= 11 is 0. The second-order valence-electron chi connectivity index (χ2n) is 5.57. The van der Waals surface area contributed by atoms with Crippen LogP contribution in [0, 0.1) is 10.1 Å². The zero-order chi connectivity index (χ0) is 18.0. The van der Waals surface area contributed by atoms with Gasteiger partial charge in [-0.2, -0.15) is 0 Å². The quantitative estimate of drug-likeness (QED) is 0.344. The molecule has 0 saturated heterocycles. The van der Waals surface area contributed by atoms with Gasteiger partial charge < -0.3 is 9.47 Å². The van der Waals surface area contributed by atoms with E-state index in [1.54, 1.807) is 12.1 Å². The lowest BCUT2D eigenvalue weighted by Crippen LogP contribution is -2.38. The minimum absolute atomic E-state index is 0.0136. The van der Waals surface area contributed by atoms with Crippen molar-refractivity contribution in [2.45, 2.75) is 25.2 Å². The Morgan fingerprint density at radius 3 is 2.52 bits per heavy atom. The SMILES string of the molecule is O=COC1CC2=C(C(=O)C=CC2=O)C(Cc2ccc([N+](=O)[O-])cc2)O1. The van der Waals surface area contributed by atoms with Gasteiger partial charge in [0.15, 0.2) is 11.6 Å². The molecule has 2 unspecified atom stereocenters. The predicted molar refractivity (Wildman–Crippen MR) is 83.4 cm³/mol. The molecule has 3 rings (SSSR count). The minimum Gasteiger partial charge on any atom is -0.438 e. The molecule has 0 amide bonds. The molecule has 0 radical (unpaired) electrons. The molecule has 8 nitrogen and oxygen atoms in total. The summed E-state index contributed by atoms with van der Waals surface area (Å²) in [6, 6.07) is 5.80. The van der Waals surface area contributed by atoms with Gasteiger partial charge in [-0.15, -0.1) is 0 Å². The van der Waals surface area contributed by atoms with Crippen molar-refractivity contribution in [2.75, 3.05) is 0 Å². The Kier molecular flexibility index (Phi) is 4.53. The van der Waals surface area contributed by atoms with Gasteiger partial charge in [0.25, 0.3) is 12.2 Å². The van der Waals surface area contributed by atoms with Crippen molar-refractivity contribution in [3.05, 3.63) is 63.2 Å². The van der Waals surface area contributed by atoms with Gasteiger partial charge in [-0.3, -0.25) is 24.5 Å². The summed E-state index contributed by atoms with van der Waals surface area (Å²) in [5.41, 5.74) is 1.15. The Labute approximate surface area is 141 Å². The van der Waals surface area contributed by atoms with Gasteiger partial charge in [-0.1, -0.05) is 12.1 Å². The van der Waals surface area contributed by atoms with E-state index in [-0.39, 0.29) is 47.7 Å². The fourth-order valence-corrected chi connectivity index (χ4v) is 2.91. The third-order valence-corrected chi connectivity index (χ3v) is 4.06. The van der Waals surface area contributed by atoms with Crippen LogP contribution in [-0.4, -0.2) is 35.4 Å². The summed E-state index contributed by atoms with van der Waals surface area (Å²) in [5.74, 6) is -0.642. The van der Waals surface area contributed by atoms with Crippen molar-refractivity contribution in [3.63, 3.8) is 0 Å². The van der Waals surface area contributed by atoms with Gasteiger partial charge in [-0.25, -0.2) is 0 Å². The highest BCUT2D eigenvalue weighted by Crippen LogP contribution is 2.32. The molecule has 1 aromatic carbocycles. The topological polar surface area (TPSA) is 113 Å². The number of non-ortho nitro benzene ring substituents is 1. The van der Waals surface area contributed by atoms with Crippen LogP contribution in [0.1, 0.15) is 12.0 Å². The van der Waals surface area contributed by atoms with E-state index in [0.717, 1.165) is 0 Å². The third-order valence-electron chi connectivity index (χ3n) is 4.06. The highest BCUT2D eigenvalue weighted by molar-refractivity contribution is 6.20. The fourth-order valence-electron chi connectivity index (χ4n) is 2.91. The highest BCUT2D eigenvalue weighted by Gasteiger charge is 2.37. The molecule has 0 N–H and O–H groups in total. The molecule has 1 heterocycles. The first-order chi connectivity index (χ1) is 12.0. The molecule has 2 atom stereocenters. The van der Waals surface area contributed by atoms with Crippen molar-refractivity contribution in [3.8, 4) is 0 Å². The van der Waals surface area contributed by atoms with Gasteiger partial charge >= 0.3 is 0 Å². The standard InChI is InChI=1S/C17H13NO7/c19-9-24-16-8-12-13(20)5-6-14(21)17(12)15(25-16)7-10-1-3-11(4-2-10)18(22)23/h1-6,9,15-16H,7-8H2. The summed E-state index contributed by atoms with van der Waals surface area (Å²) in [6.07, 6.45) is 0.864. The predicted octanol–water partition coefficient (Wildman–Crippen LogP) is 1.43. The van der Waals surface area contributed by atoms with E-state index in [4.69, 9.17) is 9.47 Å². The number of carbonyl (C=O) groups is 3. The summed E-state index contributed by atoms with van der Waals surface area (Å²) in [6.45, 7) is 0.226. The molecule has 25 heavy (non-hydrogen) atoms. The Hall–Kier alpha value is -3.13. The molecule has 0 bridgehead atoms. The van der Waals surface area contributed by atoms with Crippen LogP contribution < -0.4 is 0 Å². The smallest absolute Gasteiger partial charge is 0.295 e. The zero-order valence-electron chi connectivity index (χ0n) is 12.9. The molecule has 128 valence electrons. The monoisotopic (exact) mass is 343 g/mol. The fraction of sp³-hybridized carbons (Fsp3) is 0.235. The Morgan fingerprint density at radius 2 is 1.88 bits per heavy atom. The van der Waals surface area contributed by atoms with Crippen molar-refractivity contribution in [1.82, 2.24) is 0 Å². The van der Waals surface area contributed by atoms with E-state index in [2.05, 4.69) is 0 Å². The summed E-state index contributed by atoms with van der Waals surface area (Å²) < 4.78 is 10.5. The van der Waals surface area contributed by atoms with Crippen molar-refractivity contribution < 1.29 is 28.8 Å². The van der Waals surface area contributed by atoms with E-state index in [0.29, 0.717) is 5.56 Å². The molecule has 0 fully saturated rings. The number of rotatable bonds is 5. The van der Waals surface area contributed by atoms with Crippen LogP contribution in [-0.2, 0) is 30.3 Å². The van der Waals surface area contributed by atoms with Crippen LogP contribution in [0.5, 0.6) is 0 Å². The molecule has 8 heteroatoms. The van der Waals surface area contributed by atoms with E-state index in [9.17, 15) is 24.5 Å². The molecule has 0 aromatic heterocycles. The second-order valence-corrected chi connectivity index (χ2v) is 5.57. The normalized spacial score (nSPS) is 22.6. The molecule has 0 saturated carbocycles. The van der Waals surface area contributed by atoms with E-state index in [1.807, 2.05) is 0 Å². The van der Waals surface area contributed by atoms with Crippen LogP contribution in [0.25, 0.3) is 0 Å². The number of hydrogen-bond acceptors (Lipinski definition) is 7. The summed E-state index contributed by atoms with van der Waals surface area (Å²) in [5, 5.41) is 10.7. The van der Waals surface area contributed by atoms with E-state index in [1.165, 1.54) is 24.3 Å². The van der Waals surface area contributed by atoms with Crippen molar-refractivity contribution in [2.24, 2.45) is 0 Å². The van der Waals surface area contributed by atoms with Crippen LogP contribution in [0.15, 0.2) is 47.6 Å². The van der Waals surface area contributed by atoms with Crippen LogP contribution >= 0.6 is 0 Å². The van der Waals surface area contributed by atoms with Gasteiger partial charge in [0.05, 0.1) is 11.0 Å². The molecular weight excluding hydrogens is 330 g/mol. The highest BCUT2D eigenvalue weighted by atomic mass is 16.7. The molecule has 2 aliphatic rings.